The number of nitrogens with zero attached hydrogens (tertiary/aromatic N) is 1. The molecule has 1 saturated carbocycles. The lowest BCUT2D eigenvalue weighted by Crippen LogP contribution is -2.34. The lowest BCUT2D eigenvalue weighted by molar-refractivity contribution is 0.301. The zero-order chi connectivity index (χ0) is 13.0. The van der Waals surface area contributed by atoms with E-state index in [0.29, 0.717) is 0 Å². The minimum Gasteiger partial charge on any atom is -0.370 e. The first kappa shape index (κ1) is 12.9. The van der Waals surface area contributed by atoms with Gasteiger partial charge in [0.2, 0.25) is 0 Å². The van der Waals surface area contributed by atoms with Crippen molar-refractivity contribution >= 4 is 5.96 Å². The second kappa shape index (κ2) is 5.42. The van der Waals surface area contributed by atoms with E-state index >= 15 is 0 Å². The fourth-order valence-electron chi connectivity index (χ4n) is 2.98. The molecule has 3 nitrogen and oxygen atoms in total. The summed E-state index contributed by atoms with van der Waals surface area (Å²) in [5, 5.41) is 0. The molecular weight excluding hydrogens is 222 g/mol. The van der Waals surface area contributed by atoms with Crippen molar-refractivity contribution < 1.29 is 0 Å². The number of rotatable bonds is 3. The van der Waals surface area contributed by atoms with E-state index in [2.05, 4.69) is 36.2 Å². The molecule has 1 aliphatic carbocycles. The lowest BCUT2D eigenvalue weighted by Gasteiger charge is -2.37. The van der Waals surface area contributed by atoms with Gasteiger partial charge >= 0.3 is 0 Å². The standard InChI is InChI=1S/C15H23N3/c1-12-6-5-7-13(10-12)15(11-18-14(16)17)8-3-2-4-9-15/h5-7,10H,2-4,8-9,11H2,1H3,(H4,16,17,18). The monoisotopic (exact) mass is 245 g/mol. The van der Waals surface area contributed by atoms with Crippen LogP contribution in [-0.2, 0) is 5.41 Å². The number of aryl methyl sites for hydroxylation is 1. The minimum atomic E-state index is 0.147. The highest BCUT2D eigenvalue weighted by atomic mass is 15.0. The second-order valence-corrected chi connectivity index (χ2v) is 5.45. The predicted molar refractivity (Wildman–Crippen MR) is 76.6 cm³/mol. The molecular formula is C15H23N3. The van der Waals surface area contributed by atoms with Crippen molar-refractivity contribution in [1.82, 2.24) is 0 Å². The van der Waals surface area contributed by atoms with Gasteiger partial charge in [-0.1, -0.05) is 49.1 Å². The van der Waals surface area contributed by atoms with Gasteiger partial charge in [0.15, 0.2) is 5.96 Å². The third kappa shape index (κ3) is 2.84. The number of aliphatic imine (C=N–C) groups is 1. The molecule has 4 N–H and O–H groups in total. The second-order valence-electron chi connectivity index (χ2n) is 5.45. The van der Waals surface area contributed by atoms with Gasteiger partial charge in [-0.25, -0.2) is 0 Å². The van der Waals surface area contributed by atoms with Crippen molar-refractivity contribution in [3.05, 3.63) is 35.4 Å². The fraction of sp³-hybridized carbons (Fsp3) is 0.533. The summed E-state index contributed by atoms with van der Waals surface area (Å²) in [7, 11) is 0. The van der Waals surface area contributed by atoms with Gasteiger partial charge in [0.05, 0.1) is 6.54 Å². The number of benzene rings is 1. The summed E-state index contributed by atoms with van der Waals surface area (Å²) in [6.45, 7) is 2.86. The Labute approximate surface area is 109 Å². The third-order valence-electron chi connectivity index (χ3n) is 4.01. The van der Waals surface area contributed by atoms with Crippen LogP contribution in [-0.4, -0.2) is 12.5 Å². The third-order valence-corrected chi connectivity index (χ3v) is 4.01. The van der Waals surface area contributed by atoms with Crippen LogP contribution in [0.1, 0.15) is 43.2 Å². The van der Waals surface area contributed by atoms with Gasteiger partial charge < -0.3 is 11.5 Å². The Kier molecular flexibility index (Phi) is 3.90. The van der Waals surface area contributed by atoms with E-state index in [-0.39, 0.29) is 11.4 Å². The maximum atomic E-state index is 5.50. The molecule has 1 aromatic rings. The van der Waals surface area contributed by atoms with Gasteiger partial charge in [-0.3, -0.25) is 4.99 Å². The smallest absolute Gasteiger partial charge is 0.185 e. The molecule has 0 bridgehead atoms. The van der Waals surface area contributed by atoms with Gasteiger partial charge in [0, 0.05) is 5.41 Å². The molecule has 1 aliphatic rings. The Morgan fingerprint density at radius 2 is 1.94 bits per heavy atom. The van der Waals surface area contributed by atoms with Crippen molar-refractivity contribution in [2.45, 2.75) is 44.4 Å². The van der Waals surface area contributed by atoms with Crippen LogP contribution in [0.4, 0.5) is 0 Å². The molecule has 0 spiro atoms. The Morgan fingerprint density at radius 1 is 1.22 bits per heavy atom. The average Bonchev–Trinajstić information content (AvgIpc) is 2.37. The number of nitrogens with two attached hydrogens (primary N) is 2. The Morgan fingerprint density at radius 3 is 2.56 bits per heavy atom. The molecule has 2 rings (SSSR count). The molecule has 0 unspecified atom stereocenters. The van der Waals surface area contributed by atoms with Crippen molar-refractivity contribution in [2.24, 2.45) is 16.5 Å². The molecule has 0 aromatic heterocycles. The van der Waals surface area contributed by atoms with Gasteiger partial charge in [0.1, 0.15) is 0 Å². The fourth-order valence-corrected chi connectivity index (χ4v) is 2.98. The maximum Gasteiger partial charge on any atom is 0.185 e. The van der Waals surface area contributed by atoms with E-state index in [4.69, 9.17) is 11.5 Å². The van der Waals surface area contributed by atoms with Crippen LogP contribution >= 0.6 is 0 Å². The van der Waals surface area contributed by atoms with Crippen molar-refractivity contribution in [3.63, 3.8) is 0 Å². The highest BCUT2D eigenvalue weighted by molar-refractivity contribution is 5.75. The number of guanidine groups is 1. The quantitative estimate of drug-likeness (QED) is 0.634. The summed E-state index contributed by atoms with van der Waals surface area (Å²) in [6, 6.07) is 8.78. The molecule has 0 aliphatic heterocycles. The topological polar surface area (TPSA) is 64.4 Å². The van der Waals surface area contributed by atoms with Crippen molar-refractivity contribution in [3.8, 4) is 0 Å². The molecule has 1 fully saturated rings. The van der Waals surface area contributed by atoms with Crippen LogP contribution in [0.25, 0.3) is 0 Å². The number of hydrogen-bond acceptors (Lipinski definition) is 1. The summed E-state index contributed by atoms with van der Waals surface area (Å²) in [5.74, 6) is 0.201. The summed E-state index contributed by atoms with van der Waals surface area (Å²) >= 11 is 0. The van der Waals surface area contributed by atoms with Gasteiger partial charge in [0.25, 0.3) is 0 Å². The molecule has 3 heteroatoms. The van der Waals surface area contributed by atoms with E-state index in [1.165, 1.54) is 43.2 Å². The summed E-state index contributed by atoms with van der Waals surface area (Å²) < 4.78 is 0. The summed E-state index contributed by atoms with van der Waals surface area (Å²) in [6.07, 6.45) is 6.25. The molecule has 0 atom stereocenters. The van der Waals surface area contributed by atoms with Crippen molar-refractivity contribution in [1.29, 1.82) is 0 Å². The normalized spacial score (nSPS) is 18.3. The van der Waals surface area contributed by atoms with Gasteiger partial charge in [-0.05, 0) is 25.3 Å². The molecule has 18 heavy (non-hydrogen) atoms. The molecule has 0 amide bonds. The Bertz CT molecular complexity index is 427. The van der Waals surface area contributed by atoms with Crippen LogP contribution in [0.5, 0.6) is 0 Å². The van der Waals surface area contributed by atoms with E-state index in [9.17, 15) is 0 Å². The van der Waals surface area contributed by atoms with E-state index in [1.807, 2.05) is 0 Å². The van der Waals surface area contributed by atoms with Crippen LogP contribution in [0.15, 0.2) is 29.3 Å². The number of hydrogen-bond donors (Lipinski definition) is 2. The highest BCUT2D eigenvalue weighted by Crippen LogP contribution is 2.40. The first-order valence-corrected chi connectivity index (χ1v) is 6.75. The predicted octanol–water partition coefficient (Wildman–Crippen LogP) is 2.47. The van der Waals surface area contributed by atoms with Gasteiger partial charge in [-0.15, -0.1) is 0 Å². The van der Waals surface area contributed by atoms with Crippen LogP contribution in [0.2, 0.25) is 0 Å². The largest absolute Gasteiger partial charge is 0.370 e. The van der Waals surface area contributed by atoms with E-state index in [1.54, 1.807) is 0 Å². The first-order chi connectivity index (χ1) is 8.62. The first-order valence-electron chi connectivity index (χ1n) is 6.75. The molecule has 0 heterocycles. The molecule has 0 radical (unpaired) electrons. The van der Waals surface area contributed by atoms with Crippen LogP contribution in [0.3, 0.4) is 0 Å². The molecule has 0 saturated heterocycles. The maximum absolute atomic E-state index is 5.50. The summed E-state index contributed by atoms with van der Waals surface area (Å²) in [4.78, 5) is 4.30. The van der Waals surface area contributed by atoms with Gasteiger partial charge in [-0.2, -0.15) is 0 Å². The molecule has 98 valence electrons. The SMILES string of the molecule is Cc1cccc(C2(CN=C(N)N)CCCCC2)c1. The Balaban J connectivity index is 2.32. The zero-order valence-electron chi connectivity index (χ0n) is 11.2. The summed E-state index contributed by atoms with van der Waals surface area (Å²) in [5.41, 5.74) is 13.9. The minimum absolute atomic E-state index is 0.147. The highest BCUT2D eigenvalue weighted by Gasteiger charge is 2.33. The van der Waals surface area contributed by atoms with Crippen LogP contribution < -0.4 is 11.5 Å². The Hall–Kier alpha value is -1.51. The van der Waals surface area contributed by atoms with Crippen molar-refractivity contribution in [2.75, 3.05) is 6.54 Å². The molecule has 1 aromatic carbocycles. The lowest BCUT2D eigenvalue weighted by atomic mass is 9.69. The average molecular weight is 245 g/mol. The van der Waals surface area contributed by atoms with E-state index in [0.717, 1.165) is 6.54 Å². The van der Waals surface area contributed by atoms with E-state index < -0.39 is 0 Å². The zero-order valence-corrected chi connectivity index (χ0v) is 11.2. The van der Waals surface area contributed by atoms with Crippen LogP contribution in [0, 0.1) is 6.92 Å².